The molecule has 0 saturated carbocycles. The topological polar surface area (TPSA) is 89.8 Å². The van der Waals surface area contributed by atoms with Crippen LogP contribution in [0.4, 0.5) is 5.82 Å². The van der Waals surface area contributed by atoms with Crippen LogP contribution in [0.3, 0.4) is 0 Å². The van der Waals surface area contributed by atoms with E-state index in [1.807, 2.05) is 4.90 Å². The van der Waals surface area contributed by atoms with Crippen molar-refractivity contribution in [2.45, 2.75) is 19.4 Å². The normalized spacial score (nSPS) is 17.2. The van der Waals surface area contributed by atoms with E-state index in [4.69, 9.17) is 5.11 Å². The molecule has 0 bridgehead atoms. The number of carboxylic acids is 1. The van der Waals surface area contributed by atoms with Gasteiger partial charge < -0.3 is 15.1 Å². The van der Waals surface area contributed by atoms with Crippen molar-refractivity contribution in [3.63, 3.8) is 0 Å². The first-order valence-corrected chi connectivity index (χ1v) is 6.60. The summed E-state index contributed by atoms with van der Waals surface area (Å²) in [6.07, 6.45) is 2.83. The van der Waals surface area contributed by atoms with Crippen LogP contribution in [0.2, 0.25) is 0 Å². The molecule has 0 aromatic carbocycles. The number of aromatic carboxylic acids is 1. The summed E-state index contributed by atoms with van der Waals surface area (Å²) in [5.74, 6) is -0.479. The highest BCUT2D eigenvalue weighted by atomic mass is 16.4. The Hall–Kier alpha value is -1.73. The lowest BCUT2D eigenvalue weighted by Crippen LogP contribution is -2.50. The Morgan fingerprint density at radius 1 is 1.30 bits per heavy atom. The Morgan fingerprint density at radius 2 is 1.95 bits per heavy atom. The molecule has 1 aromatic rings. The average Bonchev–Trinajstić information content (AvgIpc) is 2.38. The molecule has 1 aliphatic heterocycles. The van der Waals surface area contributed by atoms with E-state index in [0.29, 0.717) is 12.4 Å². The molecule has 1 fully saturated rings. The van der Waals surface area contributed by atoms with Gasteiger partial charge in [0.2, 0.25) is 0 Å². The Kier molecular flexibility index (Phi) is 4.20. The lowest BCUT2D eigenvalue weighted by atomic mass is 10.1. The second-order valence-corrected chi connectivity index (χ2v) is 5.64. The standard InChI is InChI=1S/C13H20N4O3/c1-13(2,20)9-16-3-5-17(6-4-16)11-8-14-7-10(15-11)12(18)19/h7-8,20H,3-6,9H2,1-2H3,(H,18,19). The van der Waals surface area contributed by atoms with E-state index in [1.165, 1.54) is 6.20 Å². The molecule has 0 aliphatic carbocycles. The lowest BCUT2D eigenvalue weighted by molar-refractivity contribution is 0.0344. The van der Waals surface area contributed by atoms with Gasteiger partial charge in [0, 0.05) is 32.7 Å². The SMILES string of the molecule is CC(C)(O)CN1CCN(c2cncc(C(=O)O)n2)CC1. The van der Waals surface area contributed by atoms with Gasteiger partial charge in [0.25, 0.3) is 0 Å². The molecular formula is C13H20N4O3. The number of β-amino-alcohol motifs (C(OH)–C–C–N with tert-alkyl or cyclic N) is 1. The summed E-state index contributed by atoms with van der Waals surface area (Å²) < 4.78 is 0. The maximum atomic E-state index is 10.9. The van der Waals surface area contributed by atoms with Crippen LogP contribution >= 0.6 is 0 Å². The maximum absolute atomic E-state index is 10.9. The zero-order valence-electron chi connectivity index (χ0n) is 11.8. The Balaban J connectivity index is 1.97. The molecule has 7 heteroatoms. The van der Waals surface area contributed by atoms with Crippen molar-refractivity contribution in [1.29, 1.82) is 0 Å². The second kappa shape index (κ2) is 5.72. The highest BCUT2D eigenvalue weighted by molar-refractivity contribution is 5.85. The van der Waals surface area contributed by atoms with Gasteiger partial charge in [-0.2, -0.15) is 0 Å². The highest BCUT2D eigenvalue weighted by Gasteiger charge is 2.23. The van der Waals surface area contributed by atoms with Gasteiger partial charge >= 0.3 is 5.97 Å². The van der Waals surface area contributed by atoms with Crippen LogP contribution in [0, 0.1) is 0 Å². The van der Waals surface area contributed by atoms with Crippen LogP contribution in [0.15, 0.2) is 12.4 Å². The van der Waals surface area contributed by atoms with Crippen LogP contribution in [0.25, 0.3) is 0 Å². The summed E-state index contributed by atoms with van der Waals surface area (Å²) in [5, 5.41) is 18.7. The number of aliphatic hydroxyl groups is 1. The van der Waals surface area contributed by atoms with E-state index in [0.717, 1.165) is 26.2 Å². The molecule has 2 heterocycles. The minimum atomic E-state index is -1.07. The van der Waals surface area contributed by atoms with Crippen molar-refractivity contribution >= 4 is 11.8 Å². The van der Waals surface area contributed by atoms with E-state index in [2.05, 4.69) is 14.9 Å². The van der Waals surface area contributed by atoms with Crippen molar-refractivity contribution in [1.82, 2.24) is 14.9 Å². The van der Waals surface area contributed by atoms with E-state index >= 15 is 0 Å². The van der Waals surface area contributed by atoms with Gasteiger partial charge in [0.05, 0.1) is 18.0 Å². The lowest BCUT2D eigenvalue weighted by Gasteiger charge is -2.37. The van der Waals surface area contributed by atoms with E-state index < -0.39 is 11.6 Å². The van der Waals surface area contributed by atoms with E-state index in [-0.39, 0.29) is 5.69 Å². The average molecular weight is 280 g/mol. The van der Waals surface area contributed by atoms with Crippen molar-refractivity contribution in [3.8, 4) is 0 Å². The largest absolute Gasteiger partial charge is 0.476 e. The zero-order chi connectivity index (χ0) is 14.8. The van der Waals surface area contributed by atoms with E-state index in [1.54, 1.807) is 20.0 Å². The summed E-state index contributed by atoms with van der Waals surface area (Å²) in [6, 6.07) is 0. The second-order valence-electron chi connectivity index (χ2n) is 5.64. The van der Waals surface area contributed by atoms with Crippen molar-refractivity contribution in [2.24, 2.45) is 0 Å². The number of piperazine rings is 1. The van der Waals surface area contributed by atoms with Crippen LogP contribution in [-0.2, 0) is 0 Å². The molecule has 2 N–H and O–H groups in total. The van der Waals surface area contributed by atoms with Gasteiger partial charge in [0.15, 0.2) is 5.69 Å². The zero-order valence-corrected chi connectivity index (χ0v) is 11.8. The molecular weight excluding hydrogens is 260 g/mol. The molecule has 1 aromatic heterocycles. The minimum Gasteiger partial charge on any atom is -0.476 e. The Bertz CT molecular complexity index is 479. The number of hydrogen-bond acceptors (Lipinski definition) is 6. The van der Waals surface area contributed by atoms with E-state index in [9.17, 15) is 9.90 Å². The molecule has 1 saturated heterocycles. The molecule has 0 radical (unpaired) electrons. The molecule has 7 nitrogen and oxygen atoms in total. The summed E-state index contributed by atoms with van der Waals surface area (Å²) in [4.78, 5) is 23.1. The molecule has 0 unspecified atom stereocenters. The fourth-order valence-electron chi connectivity index (χ4n) is 2.29. The molecule has 0 amide bonds. The Morgan fingerprint density at radius 3 is 2.50 bits per heavy atom. The van der Waals surface area contributed by atoms with Crippen molar-refractivity contribution in [3.05, 3.63) is 18.1 Å². The fourth-order valence-corrected chi connectivity index (χ4v) is 2.29. The molecule has 20 heavy (non-hydrogen) atoms. The number of carboxylic acid groups (broad SMARTS) is 1. The minimum absolute atomic E-state index is 0.0404. The number of anilines is 1. The molecule has 0 spiro atoms. The quantitative estimate of drug-likeness (QED) is 0.806. The highest BCUT2D eigenvalue weighted by Crippen LogP contribution is 2.14. The van der Waals surface area contributed by atoms with Gasteiger partial charge in [-0.05, 0) is 13.8 Å². The first kappa shape index (κ1) is 14.7. The predicted octanol–water partition coefficient (Wildman–Crippen LogP) is 0.0677. The third-order valence-corrected chi connectivity index (χ3v) is 3.15. The van der Waals surface area contributed by atoms with Gasteiger partial charge in [-0.25, -0.2) is 9.78 Å². The summed E-state index contributed by atoms with van der Waals surface area (Å²) in [6.45, 7) is 7.32. The number of carbonyl (C=O) groups is 1. The molecule has 1 aliphatic rings. The predicted molar refractivity (Wildman–Crippen MR) is 73.9 cm³/mol. The third kappa shape index (κ3) is 3.88. The Labute approximate surface area is 117 Å². The van der Waals surface area contributed by atoms with Crippen LogP contribution in [-0.4, -0.2) is 69.4 Å². The van der Waals surface area contributed by atoms with Crippen LogP contribution in [0.1, 0.15) is 24.3 Å². The van der Waals surface area contributed by atoms with Crippen LogP contribution < -0.4 is 4.90 Å². The van der Waals surface area contributed by atoms with Gasteiger partial charge in [-0.1, -0.05) is 0 Å². The first-order chi connectivity index (χ1) is 9.35. The summed E-state index contributed by atoms with van der Waals surface area (Å²) in [5.41, 5.74) is -0.744. The number of hydrogen-bond donors (Lipinski definition) is 2. The third-order valence-electron chi connectivity index (χ3n) is 3.15. The van der Waals surface area contributed by atoms with Gasteiger partial charge in [-0.3, -0.25) is 9.88 Å². The monoisotopic (exact) mass is 280 g/mol. The van der Waals surface area contributed by atoms with Gasteiger partial charge in [0.1, 0.15) is 5.82 Å². The van der Waals surface area contributed by atoms with Crippen LogP contribution in [0.5, 0.6) is 0 Å². The smallest absolute Gasteiger partial charge is 0.356 e. The molecule has 0 atom stereocenters. The number of aromatic nitrogens is 2. The van der Waals surface area contributed by atoms with Gasteiger partial charge in [-0.15, -0.1) is 0 Å². The fraction of sp³-hybridized carbons (Fsp3) is 0.615. The number of nitrogens with zero attached hydrogens (tertiary/aromatic N) is 4. The summed E-state index contributed by atoms with van der Waals surface area (Å²) >= 11 is 0. The first-order valence-electron chi connectivity index (χ1n) is 6.60. The van der Waals surface area contributed by atoms with Crippen molar-refractivity contribution in [2.75, 3.05) is 37.6 Å². The number of rotatable bonds is 4. The van der Waals surface area contributed by atoms with Crippen molar-refractivity contribution < 1.29 is 15.0 Å². The molecule has 2 rings (SSSR count). The maximum Gasteiger partial charge on any atom is 0.356 e. The summed E-state index contributed by atoms with van der Waals surface area (Å²) in [7, 11) is 0. The molecule has 110 valence electrons.